The standard InChI is InChI=1S/C9H18O/c1-3-5-6-8-9(10)7-4-2/h6,8-10H,3-5,7H2,1-2H3/b8-6-/t9-/m1/s1. The summed E-state index contributed by atoms with van der Waals surface area (Å²) < 4.78 is 0. The predicted octanol–water partition coefficient (Wildman–Crippen LogP) is 2.50. The average molecular weight is 142 g/mol. The summed E-state index contributed by atoms with van der Waals surface area (Å²) in [7, 11) is 0. The summed E-state index contributed by atoms with van der Waals surface area (Å²) in [5, 5.41) is 9.19. The van der Waals surface area contributed by atoms with E-state index in [9.17, 15) is 5.11 Å². The van der Waals surface area contributed by atoms with Crippen LogP contribution in [0.4, 0.5) is 0 Å². The second kappa shape index (κ2) is 6.81. The fourth-order valence-corrected chi connectivity index (χ4v) is 0.812. The van der Waals surface area contributed by atoms with Crippen LogP contribution in [0.3, 0.4) is 0 Å². The summed E-state index contributed by atoms with van der Waals surface area (Å²) in [5.74, 6) is 0. The molecule has 1 atom stereocenters. The van der Waals surface area contributed by atoms with Crippen LogP contribution < -0.4 is 0 Å². The Hall–Kier alpha value is -0.300. The van der Waals surface area contributed by atoms with Crippen LogP contribution in [0.5, 0.6) is 0 Å². The molecule has 1 nitrogen and oxygen atoms in total. The van der Waals surface area contributed by atoms with Crippen LogP contribution in [0, 0.1) is 0 Å². The molecule has 0 rings (SSSR count). The minimum Gasteiger partial charge on any atom is -0.389 e. The molecule has 0 spiro atoms. The van der Waals surface area contributed by atoms with E-state index in [1.54, 1.807) is 0 Å². The summed E-state index contributed by atoms with van der Waals surface area (Å²) in [5.41, 5.74) is 0. The maximum atomic E-state index is 9.19. The van der Waals surface area contributed by atoms with Crippen LogP contribution in [0.2, 0.25) is 0 Å². The van der Waals surface area contributed by atoms with E-state index in [0.717, 1.165) is 25.7 Å². The molecule has 0 amide bonds. The summed E-state index contributed by atoms with van der Waals surface area (Å²) in [6.07, 6.45) is 7.93. The molecule has 0 aromatic carbocycles. The molecule has 0 aliphatic rings. The maximum Gasteiger partial charge on any atom is 0.0720 e. The molecule has 0 aromatic heterocycles. The minimum absolute atomic E-state index is 0.212. The number of aliphatic hydroxyl groups is 1. The van der Waals surface area contributed by atoms with Crippen molar-refractivity contribution in [3.8, 4) is 0 Å². The molecular formula is C9H18O. The van der Waals surface area contributed by atoms with Gasteiger partial charge in [-0.25, -0.2) is 0 Å². The van der Waals surface area contributed by atoms with Crippen molar-refractivity contribution in [3.05, 3.63) is 12.2 Å². The van der Waals surface area contributed by atoms with Crippen LogP contribution in [0.25, 0.3) is 0 Å². The van der Waals surface area contributed by atoms with Gasteiger partial charge in [-0.2, -0.15) is 0 Å². The number of hydrogen-bond acceptors (Lipinski definition) is 1. The van der Waals surface area contributed by atoms with Crippen LogP contribution in [0.1, 0.15) is 39.5 Å². The van der Waals surface area contributed by atoms with E-state index in [4.69, 9.17) is 0 Å². The Morgan fingerprint density at radius 3 is 2.50 bits per heavy atom. The lowest BCUT2D eigenvalue weighted by Gasteiger charge is -2.00. The normalized spacial score (nSPS) is 14.3. The molecule has 60 valence electrons. The number of aliphatic hydroxyl groups excluding tert-OH is 1. The highest BCUT2D eigenvalue weighted by atomic mass is 16.3. The number of hydrogen-bond donors (Lipinski definition) is 1. The van der Waals surface area contributed by atoms with Gasteiger partial charge in [-0.15, -0.1) is 0 Å². The molecule has 1 heteroatoms. The molecule has 0 heterocycles. The second-order valence-electron chi connectivity index (χ2n) is 2.57. The average Bonchev–Trinajstić information content (AvgIpc) is 1.89. The third-order valence-corrected chi connectivity index (χ3v) is 1.40. The molecule has 0 fully saturated rings. The van der Waals surface area contributed by atoms with Crippen molar-refractivity contribution in [2.45, 2.75) is 45.6 Å². The van der Waals surface area contributed by atoms with Gasteiger partial charge in [0.1, 0.15) is 0 Å². The fourth-order valence-electron chi connectivity index (χ4n) is 0.812. The van der Waals surface area contributed by atoms with Crippen molar-refractivity contribution >= 4 is 0 Å². The Labute approximate surface area is 63.8 Å². The summed E-state index contributed by atoms with van der Waals surface area (Å²) in [6, 6.07) is 0. The first-order valence-corrected chi connectivity index (χ1v) is 4.16. The van der Waals surface area contributed by atoms with Crippen molar-refractivity contribution in [1.82, 2.24) is 0 Å². The third kappa shape index (κ3) is 5.83. The number of unbranched alkanes of at least 4 members (excludes halogenated alkanes) is 1. The lowest BCUT2D eigenvalue weighted by atomic mass is 10.2. The molecule has 0 aliphatic carbocycles. The van der Waals surface area contributed by atoms with Crippen molar-refractivity contribution in [1.29, 1.82) is 0 Å². The number of rotatable bonds is 5. The molecule has 0 saturated heterocycles. The second-order valence-corrected chi connectivity index (χ2v) is 2.57. The SMILES string of the molecule is CCC/C=C\[C@H](O)CCC. The highest BCUT2D eigenvalue weighted by Crippen LogP contribution is 1.98. The maximum absolute atomic E-state index is 9.19. The number of allylic oxidation sites excluding steroid dienone is 1. The van der Waals surface area contributed by atoms with Gasteiger partial charge < -0.3 is 5.11 Å². The van der Waals surface area contributed by atoms with Gasteiger partial charge in [0, 0.05) is 0 Å². The fraction of sp³-hybridized carbons (Fsp3) is 0.778. The van der Waals surface area contributed by atoms with E-state index < -0.39 is 0 Å². The van der Waals surface area contributed by atoms with Crippen LogP contribution >= 0.6 is 0 Å². The molecular weight excluding hydrogens is 124 g/mol. The smallest absolute Gasteiger partial charge is 0.0720 e. The highest BCUT2D eigenvalue weighted by molar-refractivity contribution is 4.87. The van der Waals surface area contributed by atoms with E-state index in [1.807, 2.05) is 6.08 Å². The van der Waals surface area contributed by atoms with Gasteiger partial charge in [0.2, 0.25) is 0 Å². The molecule has 0 aromatic rings. The van der Waals surface area contributed by atoms with Gasteiger partial charge in [0.05, 0.1) is 6.10 Å². The molecule has 0 aliphatic heterocycles. The van der Waals surface area contributed by atoms with Crippen LogP contribution in [-0.4, -0.2) is 11.2 Å². The lowest BCUT2D eigenvalue weighted by molar-refractivity contribution is 0.211. The molecule has 0 radical (unpaired) electrons. The molecule has 1 N–H and O–H groups in total. The van der Waals surface area contributed by atoms with Gasteiger partial charge in [0.25, 0.3) is 0 Å². The van der Waals surface area contributed by atoms with Crippen molar-refractivity contribution in [2.24, 2.45) is 0 Å². The Kier molecular flexibility index (Phi) is 6.61. The van der Waals surface area contributed by atoms with Gasteiger partial charge in [-0.05, 0) is 12.8 Å². The third-order valence-electron chi connectivity index (χ3n) is 1.40. The highest BCUT2D eigenvalue weighted by Gasteiger charge is 1.93. The van der Waals surface area contributed by atoms with Gasteiger partial charge >= 0.3 is 0 Å². The quantitative estimate of drug-likeness (QED) is 0.585. The van der Waals surface area contributed by atoms with Crippen molar-refractivity contribution in [2.75, 3.05) is 0 Å². The van der Waals surface area contributed by atoms with Gasteiger partial charge in [-0.3, -0.25) is 0 Å². The zero-order chi connectivity index (χ0) is 7.82. The van der Waals surface area contributed by atoms with Gasteiger partial charge in [-0.1, -0.05) is 38.8 Å². The molecule has 10 heavy (non-hydrogen) atoms. The first-order chi connectivity index (χ1) is 4.81. The van der Waals surface area contributed by atoms with Crippen LogP contribution in [0.15, 0.2) is 12.2 Å². The van der Waals surface area contributed by atoms with E-state index >= 15 is 0 Å². The van der Waals surface area contributed by atoms with Crippen molar-refractivity contribution < 1.29 is 5.11 Å². The van der Waals surface area contributed by atoms with Gasteiger partial charge in [0.15, 0.2) is 0 Å². The zero-order valence-electron chi connectivity index (χ0n) is 7.01. The predicted molar refractivity (Wildman–Crippen MR) is 45.0 cm³/mol. The lowest BCUT2D eigenvalue weighted by Crippen LogP contribution is -1.99. The van der Waals surface area contributed by atoms with Crippen LogP contribution in [-0.2, 0) is 0 Å². The topological polar surface area (TPSA) is 20.2 Å². The van der Waals surface area contributed by atoms with E-state index in [1.165, 1.54) is 0 Å². The largest absolute Gasteiger partial charge is 0.389 e. The summed E-state index contributed by atoms with van der Waals surface area (Å²) >= 11 is 0. The minimum atomic E-state index is -0.212. The summed E-state index contributed by atoms with van der Waals surface area (Å²) in [6.45, 7) is 4.22. The zero-order valence-corrected chi connectivity index (χ0v) is 7.01. The van der Waals surface area contributed by atoms with E-state index in [0.29, 0.717) is 0 Å². The summed E-state index contributed by atoms with van der Waals surface area (Å²) in [4.78, 5) is 0. The molecule has 0 saturated carbocycles. The first-order valence-electron chi connectivity index (χ1n) is 4.16. The Morgan fingerprint density at radius 1 is 1.30 bits per heavy atom. The molecule has 0 unspecified atom stereocenters. The Bertz CT molecular complexity index is 86.7. The van der Waals surface area contributed by atoms with E-state index in [2.05, 4.69) is 19.9 Å². The monoisotopic (exact) mass is 142 g/mol. The Balaban J connectivity index is 3.26. The Morgan fingerprint density at radius 2 is 2.00 bits per heavy atom. The first kappa shape index (κ1) is 9.70. The van der Waals surface area contributed by atoms with E-state index in [-0.39, 0.29) is 6.10 Å². The van der Waals surface area contributed by atoms with Crippen molar-refractivity contribution in [3.63, 3.8) is 0 Å². The molecule has 0 bridgehead atoms.